The average Bonchev–Trinajstić information content (AvgIpc) is 2.81. The molecule has 0 fully saturated rings. The Labute approximate surface area is 119 Å². The topological polar surface area (TPSA) is 44.5 Å². The number of rotatable bonds is 3. The maximum absolute atomic E-state index is 6.05. The summed E-state index contributed by atoms with van der Waals surface area (Å²) >= 11 is 0. The van der Waals surface area contributed by atoms with Crippen molar-refractivity contribution in [2.24, 2.45) is 0 Å². The number of hydrogen-bond acceptors (Lipinski definition) is 3. The summed E-state index contributed by atoms with van der Waals surface area (Å²) in [4.78, 5) is 0. The Morgan fingerprint density at radius 2 is 2.05 bits per heavy atom. The smallest absolute Gasteiger partial charge is 0.145 e. The van der Waals surface area contributed by atoms with Gasteiger partial charge in [-0.1, -0.05) is 24.3 Å². The van der Waals surface area contributed by atoms with Crippen molar-refractivity contribution >= 4 is 5.69 Å². The predicted molar refractivity (Wildman–Crippen MR) is 80.5 cm³/mol. The van der Waals surface area contributed by atoms with Gasteiger partial charge in [-0.25, -0.2) is 0 Å². The van der Waals surface area contributed by atoms with Gasteiger partial charge in [-0.15, -0.1) is 0 Å². The SMILES string of the molecule is Cc1cc(C)c(OCC2COc3ccccc32)c(N)c1. The highest BCUT2D eigenvalue weighted by atomic mass is 16.5. The second-order valence-electron chi connectivity index (χ2n) is 5.36. The molecule has 0 radical (unpaired) electrons. The molecule has 3 rings (SSSR count). The molecule has 0 bridgehead atoms. The van der Waals surface area contributed by atoms with E-state index in [0.717, 1.165) is 22.6 Å². The molecule has 1 atom stereocenters. The number of para-hydroxylation sites is 1. The highest BCUT2D eigenvalue weighted by Crippen LogP contribution is 2.35. The van der Waals surface area contributed by atoms with Crippen molar-refractivity contribution in [2.45, 2.75) is 19.8 Å². The molecule has 3 nitrogen and oxygen atoms in total. The summed E-state index contributed by atoms with van der Waals surface area (Å²) in [5.41, 5.74) is 10.2. The van der Waals surface area contributed by atoms with E-state index in [1.54, 1.807) is 0 Å². The van der Waals surface area contributed by atoms with Crippen LogP contribution in [0.1, 0.15) is 22.6 Å². The summed E-state index contributed by atoms with van der Waals surface area (Å²) in [5.74, 6) is 2.03. The molecule has 1 aliphatic heterocycles. The largest absolute Gasteiger partial charge is 0.493 e. The van der Waals surface area contributed by atoms with Crippen LogP contribution in [0.3, 0.4) is 0 Å². The molecule has 0 spiro atoms. The number of anilines is 1. The second-order valence-corrected chi connectivity index (χ2v) is 5.36. The Kier molecular flexibility index (Phi) is 3.26. The first-order chi connectivity index (χ1) is 9.65. The molecule has 2 aromatic rings. The third kappa shape index (κ3) is 2.31. The van der Waals surface area contributed by atoms with E-state index in [-0.39, 0.29) is 5.92 Å². The minimum Gasteiger partial charge on any atom is -0.493 e. The van der Waals surface area contributed by atoms with E-state index in [1.165, 1.54) is 5.56 Å². The Hall–Kier alpha value is -2.16. The van der Waals surface area contributed by atoms with Crippen molar-refractivity contribution in [1.82, 2.24) is 0 Å². The number of ether oxygens (including phenoxy) is 2. The number of fused-ring (bicyclic) bond motifs is 1. The molecule has 0 amide bonds. The molecule has 1 aliphatic rings. The van der Waals surface area contributed by atoms with Gasteiger partial charge in [0.05, 0.1) is 24.8 Å². The van der Waals surface area contributed by atoms with Crippen LogP contribution in [0, 0.1) is 13.8 Å². The lowest BCUT2D eigenvalue weighted by Crippen LogP contribution is -2.13. The fourth-order valence-electron chi connectivity index (χ4n) is 2.74. The first kappa shape index (κ1) is 12.9. The Bertz CT molecular complexity index is 614. The number of aryl methyl sites for hydroxylation is 2. The van der Waals surface area contributed by atoms with Crippen LogP contribution in [0.5, 0.6) is 11.5 Å². The zero-order valence-corrected chi connectivity index (χ0v) is 11.8. The van der Waals surface area contributed by atoms with Crippen LogP contribution in [0.2, 0.25) is 0 Å². The zero-order chi connectivity index (χ0) is 14.1. The van der Waals surface area contributed by atoms with Crippen molar-refractivity contribution < 1.29 is 9.47 Å². The van der Waals surface area contributed by atoms with Crippen LogP contribution in [-0.2, 0) is 0 Å². The maximum Gasteiger partial charge on any atom is 0.145 e. The Morgan fingerprint density at radius 1 is 1.25 bits per heavy atom. The lowest BCUT2D eigenvalue weighted by atomic mass is 10.0. The third-order valence-electron chi connectivity index (χ3n) is 3.68. The van der Waals surface area contributed by atoms with Gasteiger partial charge < -0.3 is 15.2 Å². The van der Waals surface area contributed by atoms with E-state index in [0.29, 0.717) is 18.9 Å². The van der Waals surface area contributed by atoms with Crippen molar-refractivity contribution in [3.05, 3.63) is 53.1 Å². The van der Waals surface area contributed by atoms with Gasteiger partial charge >= 0.3 is 0 Å². The quantitative estimate of drug-likeness (QED) is 0.868. The fourth-order valence-corrected chi connectivity index (χ4v) is 2.74. The van der Waals surface area contributed by atoms with Crippen LogP contribution in [0.25, 0.3) is 0 Å². The highest BCUT2D eigenvalue weighted by molar-refractivity contribution is 5.58. The standard InChI is InChI=1S/C17H19NO2/c1-11-7-12(2)17(15(18)8-11)20-10-13-9-19-16-6-4-3-5-14(13)16/h3-8,13H,9-10,18H2,1-2H3. The molecule has 2 N–H and O–H groups in total. The van der Waals surface area contributed by atoms with Gasteiger partial charge in [0.2, 0.25) is 0 Å². The molecular formula is C17H19NO2. The van der Waals surface area contributed by atoms with E-state index in [4.69, 9.17) is 15.2 Å². The molecule has 1 unspecified atom stereocenters. The number of nitrogen functional groups attached to an aromatic ring is 1. The molecule has 0 aliphatic carbocycles. The average molecular weight is 269 g/mol. The molecule has 0 saturated carbocycles. The summed E-state index contributed by atoms with van der Waals surface area (Å²) in [6.45, 7) is 5.32. The van der Waals surface area contributed by atoms with Crippen molar-refractivity contribution in [3.63, 3.8) is 0 Å². The Balaban J connectivity index is 1.76. The molecular weight excluding hydrogens is 250 g/mol. The summed E-state index contributed by atoms with van der Waals surface area (Å²) in [7, 11) is 0. The molecule has 20 heavy (non-hydrogen) atoms. The van der Waals surface area contributed by atoms with E-state index in [1.807, 2.05) is 38.1 Å². The van der Waals surface area contributed by atoms with Gasteiger partial charge in [0.1, 0.15) is 11.5 Å². The Morgan fingerprint density at radius 3 is 2.85 bits per heavy atom. The zero-order valence-electron chi connectivity index (χ0n) is 11.8. The minimum atomic E-state index is 0.270. The van der Waals surface area contributed by atoms with E-state index < -0.39 is 0 Å². The van der Waals surface area contributed by atoms with E-state index in [9.17, 15) is 0 Å². The first-order valence-electron chi connectivity index (χ1n) is 6.86. The summed E-state index contributed by atoms with van der Waals surface area (Å²) < 4.78 is 11.6. The van der Waals surface area contributed by atoms with Crippen molar-refractivity contribution in [3.8, 4) is 11.5 Å². The monoisotopic (exact) mass is 269 g/mol. The third-order valence-corrected chi connectivity index (χ3v) is 3.68. The van der Waals surface area contributed by atoms with Gasteiger partial charge in [0, 0.05) is 5.56 Å². The molecule has 2 aromatic carbocycles. The van der Waals surface area contributed by atoms with Gasteiger partial charge in [0.15, 0.2) is 0 Å². The lowest BCUT2D eigenvalue weighted by Gasteiger charge is -2.15. The van der Waals surface area contributed by atoms with Crippen molar-refractivity contribution in [2.75, 3.05) is 18.9 Å². The van der Waals surface area contributed by atoms with Crippen LogP contribution in [-0.4, -0.2) is 13.2 Å². The van der Waals surface area contributed by atoms with Gasteiger partial charge in [-0.3, -0.25) is 0 Å². The molecule has 0 saturated heterocycles. The lowest BCUT2D eigenvalue weighted by molar-refractivity contribution is 0.248. The van der Waals surface area contributed by atoms with E-state index in [2.05, 4.69) is 12.1 Å². The summed E-state index contributed by atoms with van der Waals surface area (Å²) in [6.07, 6.45) is 0. The van der Waals surface area contributed by atoms with Crippen LogP contribution >= 0.6 is 0 Å². The van der Waals surface area contributed by atoms with Gasteiger partial charge in [-0.2, -0.15) is 0 Å². The first-order valence-corrected chi connectivity index (χ1v) is 6.86. The van der Waals surface area contributed by atoms with Crippen LogP contribution < -0.4 is 15.2 Å². The molecule has 1 heterocycles. The van der Waals surface area contributed by atoms with Crippen molar-refractivity contribution in [1.29, 1.82) is 0 Å². The van der Waals surface area contributed by atoms with Crippen LogP contribution in [0.4, 0.5) is 5.69 Å². The molecule has 0 aromatic heterocycles. The maximum atomic E-state index is 6.05. The van der Waals surface area contributed by atoms with E-state index >= 15 is 0 Å². The molecule has 104 valence electrons. The predicted octanol–water partition coefficient (Wildman–Crippen LogP) is 3.44. The number of hydrogen-bond donors (Lipinski definition) is 1. The highest BCUT2D eigenvalue weighted by Gasteiger charge is 2.24. The van der Waals surface area contributed by atoms with Crippen LogP contribution in [0.15, 0.2) is 36.4 Å². The number of benzene rings is 2. The second kappa shape index (κ2) is 5.08. The van der Waals surface area contributed by atoms with Gasteiger partial charge in [-0.05, 0) is 37.1 Å². The summed E-state index contributed by atoms with van der Waals surface area (Å²) in [5, 5.41) is 0. The van der Waals surface area contributed by atoms with Gasteiger partial charge in [0.25, 0.3) is 0 Å². The number of nitrogens with two attached hydrogens (primary N) is 1. The normalized spacial score (nSPS) is 16.6. The molecule has 3 heteroatoms. The summed E-state index contributed by atoms with van der Waals surface area (Å²) in [6, 6.07) is 12.2. The fraction of sp³-hybridized carbons (Fsp3) is 0.294. The minimum absolute atomic E-state index is 0.270.